The number of carbonyl (C=O) groups is 1. The second-order valence-electron chi connectivity index (χ2n) is 8.09. The maximum atomic E-state index is 13.5. The lowest BCUT2D eigenvalue weighted by Crippen LogP contribution is -2.50. The van der Waals surface area contributed by atoms with Crippen molar-refractivity contribution in [1.82, 2.24) is 19.7 Å². The van der Waals surface area contributed by atoms with Crippen LogP contribution in [0.3, 0.4) is 0 Å². The molecule has 1 saturated carbocycles. The minimum atomic E-state index is -4.37. The minimum Gasteiger partial charge on any atom is -0.351 e. The maximum absolute atomic E-state index is 13.5. The average Bonchev–Trinajstić information content (AvgIpc) is 3.15. The van der Waals surface area contributed by atoms with Crippen LogP contribution in [-0.2, 0) is 4.79 Å². The fourth-order valence-electron chi connectivity index (χ4n) is 4.88. The van der Waals surface area contributed by atoms with Crippen LogP contribution in [0.25, 0.3) is 0 Å². The monoisotopic (exact) mass is 385 g/mol. The Morgan fingerprint density at radius 1 is 1.15 bits per heavy atom. The highest BCUT2D eigenvalue weighted by Gasteiger charge is 2.48. The Kier molecular flexibility index (Phi) is 5.03. The highest BCUT2D eigenvalue weighted by molar-refractivity contribution is 5.79. The molecule has 1 aromatic rings. The number of carbonyl (C=O) groups excluding carboxylic acids is 1. The first kappa shape index (κ1) is 18.6. The molecular formula is C18H26F3N5O. The summed E-state index contributed by atoms with van der Waals surface area (Å²) in [6.45, 7) is 1.25. The molecule has 1 unspecified atom stereocenters. The number of amides is 1. The normalized spacial score (nSPS) is 29.9. The van der Waals surface area contributed by atoms with Gasteiger partial charge in [0.1, 0.15) is 6.33 Å². The number of halogens is 3. The van der Waals surface area contributed by atoms with Crippen molar-refractivity contribution >= 4 is 11.9 Å². The van der Waals surface area contributed by atoms with E-state index in [4.69, 9.17) is 0 Å². The number of likely N-dealkylation sites (tertiary alicyclic amines) is 1. The van der Waals surface area contributed by atoms with E-state index in [-0.39, 0.29) is 36.2 Å². The molecular weight excluding hydrogens is 359 g/mol. The van der Waals surface area contributed by atoms with E-state index < -0.39 is 12.2 Å². The summed E-state index contributed by atoms with van der Waals surface area (Å²) in [7, 11) is 0. The molecule has 3 heterocycles. The molecule has 27 heavy (non-hydrogen) atoms. The van der Waals surface area contributed by atoms with Crippen molar-refractivity contribution in [3.63, 3.8) is 0 Å². The van der Waals surface area contributed by atoms with Crippen LogP contribution in [0, 0.1) is 11.8 Å². The molecule has 0 bridgehead atoms. The molecule has 1 saturated heterocycles. The number of anilines is 1. The molecule has 4 rings (SSSR count). The number of fused-ring (bicyclic) bond motifs is 1. The second-order valence-corrected chi connectivity index (χ2v) is 8.09. The molecule has 2 aliphatic heterocycles. The first-order valence-electron chi connectivity index (χ1n) is 9.95. The van der Waals surface area contributed by atoms with Crippen LogP contribution < -0.4 is 5.32 Å². The number of hydrogen-bond acceptors (Lipinski definition) is 4. The van der Waals surface area contributed by atoms with Gasteiger partial charge in [-0.15, -0.1) is 0 Å². The van der Waals surface area contributed by atoms with Gasteiger partial charge >= 0.3 is 6.18 Å². The Balaban J connectivity index is 1.46. The van der Waals surface area contributed by atoms with E-state index in [0.717, 1.165) is 56.1 Å². The van der Waals surface area contributed by atoms with E-state index in [0.29, 0.717) is 6.54 Å². The van der Waals surface area contributed by atoms with Gasteiger partial charge in [0.25, 0.3) is 0 Å². The third-order valence-electron chi connectivity index (χ3n) is 6.33. The summed E-state index contributed by atoms with van der Waals surface area (Å²) >= 11 is 0. The zero-order valence-corrected chi connectivity index (χ0v) is 15.3. The highest BCUT2D eigenvalue weighted by atomic mass is 19.4. The van der Waals surface area contributed by atoms with Crippen molar-refractivity contribution in [2.24, 2.45) is 11.8 Å². The summed E-state index contributed by atoms with van der Waals surface area (Å²) in [5.41, 5.74) is 0. The van der Waals surface area contributed by atoms with Gasteiger partial charge in [0.15, 0.2) is 6.04 Å². The zero-order chi connectivity index (χ0) is 19.0. The van der Waals surface area contributed by atoms with Crippen LogP contribution in [0.15, 0.2) is 6.33 Å². The predicted molar refractivity (Wildman–Crippen MR) is 93.0 cm³/mol. The van der Waals surface area contributed by atoms with Gasteiger partial charge in [-0.25, -0.2) is 4.68 Å². The summed E-state index contributed by atoms with van der Waals surface area (Å²) in [4.78, 5) is 18.7. The first-order valence-corrected chi connectivity index (χ1v) is 9.95. The molecule has 3 atom stereocenters. The molecule has 6 nitrogen and oxygen atoms in total. The third kappa shape index (κ3) is 3.78. The SMILES string of the molecule is O=C(C1CCCCC1)N1CCCC([C@@H]2C[C@H](C(F)(F)F)n3ncnc3N2)C1. The topological polar surface area (TPSA) is 63.1 Å². The first-order chi connectivity index (χ1) is 12.9. The Labute approximate surface area is 156 Å². The van der Waals surface area contributed by atoms with Crippen LogP contribution in [-0.4, -0.2) is 50.9 Å². The van der Waals surface area contributed by atoms with E-state index >= 15 is 0 Å². The number of alkyl halides is 3. The van der Waals surface area contributed by atoms with Crippen molar-refractivity contribution in [1.29, 1.82) is 0 Å². The lowest BCUT2D eigenvalue weighted by atomic mass is 9.84. The minimum absolute atomic E-state index is 0.00147. The molecule has 0 spiro atoms. The number of nitrogens with one attached hydrogen (secondary N) is 1. The lowest BCUT2D eigenvalue weighted by Gasteiger charge is -2.42. The number of piperidine rings is 1. The Morgan fingerprint density at radius 3 is 2.67 bits per heavy atom. The summed E-state index contributed by atoms with van der Waals surface area (Å²) < 4.78 is 41.4. The molecule has 1 amide bonds. The van der Waals surface area contributed by atoms with Crippen molar-refractivity contribution < 1.29 is 18.0 Å². The molecule has 9 heteroatoms. The van der Waals surface area contributed by atoms with Gasteiger partial charge in [-0.05, 0) is 38.0 Å². The molecule has 2 fully saturated rings. The van der Waals surface area contributed by atoms with Gasteiger partial charge < -0.3 is 10.2 Å². The molecule has 150 valence electrons. The van der Waals surface area contributed by atoms with Gasteiger partial charge in [0.2, 0.25) is 11.9 Å². The fourth-order valence-corrected chi connectivity index (χ4v) is 4.88. The van der Waals surface area contributed by atoms with Crippen LogP contribution >= 0.6 is 0 Å². The Bertz CT molecular complexity index is 670. The fraction of sp³-hybridized carbons (Fsp3) is 0.833. The number of aromatic nitrogens is 3. The predicted octanol–water partition coefficient (Wildman–Crippen LogP) is 3.38. The summed E-state index contributed by atoms with van der Waals surface area (Å²) in [6.07, 6.45) is 3.66. The van der Waals surface area contributed by atoms with Crippen LogP contribution in [0.2, 0.25) is 0 Å². The van der Waals surface area contributed by atoms with Crippen molar-refractivity contribution in [2.75, 3.05) is 18.4 Å². The van der Waals surface area contributed by atoms with Gasteiger partial charge in [-0.3, -0.25) is 4.79 Å². The Hall–Kier alpha value is -1.80. The third-order valence-corrected chi connectivity index (χ3v) is 6.33. The molecule has 3 aliphatic rings. The van der Waals surface area contributed by atoms with E-state index in [2.05, 4.69) is 15.4 Å². The molecule has 1 N–H and O–H groups in total. The lowest BCUT2D eigenvalue weighted by molar-refractivity contribution is -0.175. The van der Waals surface area contributed by atoms with Crippen molar-refractivity contribution in [2.45, 2.75) is 69.6 Å². The summed E-state index contributed by atoms with van der Waals surface area (Å²) in [5.74, 6) is 0.472. The number of rotatable bonds is 2. The quantitative estimate of drug-likeness (QED) is 0.848. The van der Waals surface area contributed by atoms with Crippen molar-refractivity contribution in [3.8, 4) is 0 Å². The van der Waals surface area contributed by atoms with Crippen LogP contribution in [0.4, 0.5) is 19.1 Å². The molecule has 1 aliphatic carbocycles. The number of nitrogens with zero attached hydrogens (tertiary/aromatic N) is 4. The number of hydrogen-bond donors (Lipinski definition) is 1. The van der Waals surface area contributed by atoms with Crippen molar-refractivity contribution in [3.05, 3.63) is 6.33 Å². The Morgan fingerprint density at radius 2 is 1.93 bits per heavy atom. The maximum Gasteiger partial charge on any atom is 0.411 e. The van der Waals surface area contributed by atoms with Gasteiger partial charge in [-0.2, -0.15) is 23.3 Å². The summed E-state index contributed by atoms with van der Waals surface area (Å²) in [6, 6.07) is -2.01. The van der Waals surface area contributed by atoms with Gasteiger partial charge in [0.05, 0.1) is 0 Å². The van der Waals surface area contributed by atoms with Crippen LogP contribution in [0.5, 0.6) is 0 Å². The van der Waals surface area contributed by atoms with Gasteiger partial charge in [-0.1, -0.05) is 19.3 Å². The smallest absolute Gasteiger partial charge is 0.351 e. The van der Waals surface area contributed by atoms with E-state index in [1.54, 1.807) is 0 Å². The largest absolute Gasteiger partial charge is 0.411 e. The van der Waals surface area contributed by atoms with E-state index in [1.807, 2.05) is 4.90 Å². The molecule has 0 radical (unpaired) electrons. The zero-order valence-electron chi connectivity index (χ0n) is 15.3. The van der Waals surface area contributed by atoms with Crippen LogP contribution in [0.1, 0.15) is 57.4 Å². The van der Waals surface area contributed by atoms with E-state index in [9.17, 15) is 18.0 Å². The standard InChI is InChI=1S/C18H26F3N5O/c19-18(20,21)15-9-14(24-17-22-11-23-26(15)17)13-7-4-8-25(10-13)16(27)12-5-2-1-3-6-12/h11-15H,1-10H2,(H,22,23,24)/t13?,14-,15+/m0/s1. The van der Waals surface area contributed by atoms with E-state index in [1.165, 1.54) is 6.42 Å². The van der Waals surface area contributed by atoms with Gasteiger partial charge in [0, 0.05) is 25.0 Å². The molecule has 0 aromatic carbocycles. The highest BCUT2D eigenvalue weighted by Crippen LogP contribution is 2.41. The second kappa shape index (κ2) is 7.31. The molecule has 1 aromatic heterocycles. The summed E-state index contributed by atoms with van der Waals surface area (Å²) in [5, 5.41) is 6.89. The average molecular weight is 385 g/mol.